The van der Waals surface area contributed by atoms with E-state index < -0.39 is 10.8 Å². The lowest BCUT2D eigenvalue weighted by Gasteiger charge is -2.17. The molecule has 0 radical (unpaired) electrons. The van der Waals surface area contributed by atoms with Crippen molar-refractivity contribution in [3.63, 3.8) is 0 Å². The molecule has 1 heterocycles. The van der Waals surface area contributed by atoms with Gasteiger partial charge in [0.15, 0.2) is 0 Å². The van der Waals surface area contributed by atoms with Crippen molar-refractivity contribution in [2.45, 2.75) is 31.9 Å². The highest BCUT2D eigenvalue weighted by atomic mass is 32.2. The van der Waals surface area contributed by atoms with Gasteiger partial charge >= 0.3 is 0 Å². The first-order chi connectivity index (χ1) is 8.47. The van der Waals surface area contributed by atoms with Crippen LogP contribution in [0.15, 0.2) is 6.33 Å². The SMILES string of the molecule is CC(C)c1c(NN)ncnc1NCC(C)S(C)=O. The zero-order valence-corrected chi connectivity index (χ0v) is 12.0. The van der Waals surface area contributed by atoms with Gasteiger partial charge in [0, 0.05) is 34.4 Å². The van der Waals surface area contributed by atoms with Crippen molar-refractivity contribution in [2.75, 3.05) is 23.5 Å². The van der Waals surface area contributed by atoms with Crippen LogP contribution in [0.1, 0.15) is 32.3 Å². The number of nitrogens with one attached hydrogen (secondary N) is 2. The molecule has 1 aromatic rings. The van der Waals surface area contributed by atoms with Crippen molar-refractivity contribution in [2.24, 2.45) is 5.84 Å². The van der Waals surface area contributed by atoms with Gasteiger partial charge in [0.05, 0.1) is 0 Å². The molecular weight excluding hydrogens is 250 g/mol. The molecule has 0 spiro atoms. The third-order valence-electron chi connectivity index (χ3n) is 2.72. The van der Waals surface area contributed by atoms with Gasteiger partial charge in [-0.1, -0.05) is 13.8 Å². The fourth-order valence-electron chi connectivity index (χ4n) is 1.56. The highest BCUT2D eigenvalue weighted by Gasteiger charge is 2.15. The second kappa shape index (κ2) is 6.65. The number of hydrogen-bond donors (Lipinski definition) is 3. The summed E-state index contributed by atoms with van der Waals surface area (Å²) in [5.74, 6) is 7.04. The molecule has 2 atom stereocenters. The molecule has 2 unspecified atom stereocenters. The van der Waals surface area contributed by atoms with Gasteiger partial charge in [0.25, 0.3) is 0 Å². The number of anilines is 2. The number of hydrogen-bond acceptors (Lipinski definition) is 6. The van der Waals surface area contributed by atoms with E-state index in [1.54, 1.807) is 6.26 Å². The Morgan fingerprint density at radius 2 is 1.94 bits per heavy atom. The smallest absolute Gasteiger partial charge is 0.148 e. The summed E-state index contributed by atoms with van der Waals surface area (Å²) in [5.41, 5.74) is 3.52. The second-order valence-electron chi connectivity index (χ2n) is 4.47. The van der Waals surface area contributed by atoms with E-state index in [0.29, 0.717) is 12.4 Å². The molecule has 0 aliphatic heterocycles. The van der Waals surface area contributed by atoms with Crippen LogP contribution in [0.3, 0.4) is 0 Å². The van der Waals surface area contributed by atoms with E-state index in [2.05, 4.69) is 20.7 Å². The number of nitrogens with two attached hydrogens (primary N) is 1. The summed E-state index contributed by atoms with van der Waals surface area (Å²) < 4.78 is 11.3. The van der Waals surface area contributed by atoms with Gasteiger partial charge in [-0.3, -0.25) is 4.21 Å². The molecule has 4 N–H and O–H groups in total. The lowest BCUT2D eigenvalue weighted by molar-refractivity contribution is 0.678. The predicted molar refractivity (Wildman–Crippen MR) is 75.9 cm³/mol. The van der Waals surface area contributed by atoms with Crippen LogP contribution in [0.5, 0.6) is 0 Å². The molecule has 1 aromatic heterocycles. The number of nitrogen functional groups attached to an aromatic ring is 1. The minimum Gasteiger partial charge on any atom is -0.368 e. The molecule has 0 aliphatic rings. The number of hydrazine groups is 1. The third kappa shape index (κ3) is 3.64. The van der Waals surface area contributed by atoms with Crippen LogP contribution in [0.25, 0.3) is 0 Å². The van der Waals surface area contributed by atoms with E-state index in [1.807, 2.05) is 20.8 Å². The molecule has 0 aromatic carbocycles. The van der Waals surface area contributed by atoms with Gasteiger partial charge in [0.2, 0.25) is 0 Å². The summed E-state index contributed by atoms with van der Waals surface area (Å²) in [6.45, 7) is 6.63. The summed E-state index contributed by atoms with van der Waals surface area (Å²) in [7, 11) is -0.855. The third-order valence-corrected chi connectivity index (χ3v) is 4.02. The summed E-state index contributed by atoms with van der Waals surface area (Å²) in [6.07, 6.45) is 3.15. The molecule has 0 aliphatic carbocycles. The van der Waals surface area contributed by atoms with Gasteiger partial charge < -0.3 is 10.7 Å². The first-order valence-electron chi connectivity index (χ1n) is 5.85. The van der Waals surface area contributed by atoms with E-state index in [9.17, 15) is 4.21 Å². The van der Waals surface area contributed by atoms with Gasteiger partial charge in [0.1, 0.15) is 18.0 Å². The van der Waals surface area contributed by atoms with Crippen molar-refractivity contribution >= 4 is 22.4 Å². The molecule has 0 amide bonds. The molecule has 102 valence electrons. The Bertz CT molecular complexity index is 424. The summed E-state index contributed by atoms with van der Waals surface area (Å²) in [5, 5.41) is 3.27. The molecule has 0 fully saturated rings. The maximum Gasteiger partial charge on any atom is 0.148 e. The summed E-state index contributed by atoms with van der Waals surface area (Å²) in [6, 6.07) is 0. The van der Waals surface area contributed by atoms with Crippen LogP contribution in [0.2, 0.25) is 0 Å². The van der Waals surface area contributed by atoms with Crippen LogP contribution < -0.4 is 16.6 Å². The molecule has 0 saturated heterocycles. The van der Waals surface area contributed by atoms with Crippen LogP contribution in [-0.2, 0) is 10.8 Å². The molecule has 0 bridgehead atoms. The Morgan fingerprint density at radius 1 is 1.33 bits per heavy atom. The van der Waals surface area contributed by atoms with Crippen LogP contribution >= 0.6 is 0 Å². The van der Waals surface area contributed by atoms with Crippen LogP contribution in [-0.4, -0.2) is 32.2 Å². The first kappa shape index (κ1) is 14.8. The van der Waals surface area contributed by atoms with E-state index >= 15 is 0 Å². The van der Waals surface area contributed by atoms with E-state index in [-0.39, 0.29) is 11.2 Å². The van der Waals surface area contributed by atoms with Crippen LogP contribution in [0.4, 0.5) is 11.6 Å². The Balaban J connectivity index is 2.91. The second-order valence-corrected chi connectivity index (χ2v) is 6.28. The topological polar surface area (TPSA) is 92.9 Å². The normalized spacial score (nSPS) is 14.3. The van der Waals surface area contributed by atoms with Crippen molar-refractivity contribution < 1.29 is 4.21 Å². The van der Waals surface area contributed by atoms with Crippen LogP contribution in [0, 0.1) is 0 Å². The van der Waals surface area contributed by atoms with E-state index in [1.165, 1.54) is 6.33 Å². The average Bonchev–Trinajstić information content (AvgIpc) is 2.34. The molecule has 18 heavy (non-hydrogen) atoms. The molecule has 1 rings (SSSR count). The molecule has 6 nitrogen and oxygen atoms in total. The Labute approximate surface area is 110 Å². The fraction of sp³-hybridized carbons (Fsp3) is 0.636. The molecular formula is C11H21N5OS. The number of rotatable bonds is 6. The fourth-order valence-corrected chi connectivity index (χ4v) is 1.87. The number of aromatic nitrogens is 2. The average molecular weight is 271 g/mol. The molecule has 7 heteroatoms. The zero-order valence-electron chi connectivity index (χ0n) is 11.2. The largest absolute Gasteiger partial charge is 0.368 e. The monoisotopic (exact) mass is 271 g/mol. The summed E-state index contributed by atoms with van der Waals surface area (Å²) >= 11 is 0. The lowest BCUT2D eigenvalue weighted by atomic mass is 10.0. The van der Waals surface area contributed by atoms with Crippen molar-refractivity contribution in [1.29, 1.82) is 0 Å². The van der Waals surface area contributed by atoms with Crippen molar-refractivity contribution in [3.8, 4) is 0 Å². The minimum atomic E-state index is -0.855. The van der Waals surface area contributed by atoms with Gasteiger partial charge in [-0.2, -0.15) is 0 Å². The quantitative estimate of drug-likeness (QED) is 0.529. The minimum absolute atomic E-state index is 0.0641. The van der Waals surface area contributed by atoms with Gasteiger partial charge in [-0.25, -0.2) is 15.8 Å². The highest BCUT2D eigenvalue weighted by Crippen LogP contribution is 2.27. The first-order valence-corrected chi connectivity index (χ1v) is 7.47. The Morgan fingerprint density at radius 3 is 2.44 bits per heavy atom. The highest BCUT2D eigenvalue weighted by molar-refractivity contribution is 7.84. The lowest BCUT2D eigenvalue weighted by Crippen LogP contribution is -2.23. The maximum absolute atomic E-state index is 11.3. The standard InChI is InChI=1S/C11H21N5OS/c1-7(2)9-10(13-5-8(3)18(4)17)14-6-15-11(9)16-12/h6-8H,5,12H2,1-4H3,(H2,13,14,15,16). The Kier molecular flexibility index (Phi) is 5.49. The summed E-state index contributed by atoms with van der Waals surface area (Å²) in [4.78, 5) is 8.32. The van der Waals surface area contributed by atoms with Crippen molar-refractivity contribution in [3.05, 3.63) is 11.9 Å². The van der Waals surface area contributed by atoms with E-state index in [4.69, 9.17) is 5.84 Å². The van der Waals surface area contributed by atoms with Gasteiger partial charge in [-0.05, 0) is 12.8 Å². The van der Waals surface area contributed by atoms with Gasteiger partial charge in [-0.15, -0.1) is 0 Å². The number of nitrogens with zero attached hydrogens (tertiary/aromatic N) is 2. The van der Waals surface area contributed by atoms with E-state index in [0.717, 1.165) is 11.4 Å². The van der Waals surface area contributed by atoms with Crippen molar-refractivity contribution in [1.82, 2.24) is 9.97 Å². The molecule has 0 saturated carbocycles. The zero-order chi connectivity index (χ0) is 13.7. The maximum atomic E-state index is 11.3. The Hall–Kier alpha value is -1.21. The predicted octanol–water partition coefficient (Wildman–Crippen LogP) is 1.06.